The van der Waals surface area contributed by atoms with Gasteiger partial charge in [0.1, 0.15) is 23.2 Å². The largest absolute Gasteiger partial charge is 0.368 e. The molecule has 126 valence electrons. The third-order valence-electron chi connectivity index (χ3n) is 4.83. The van der Waals surface area contributed by atoms with Gasteiger partial charge in [-0.2, -0.15) is 5.26 Å². The quantitative estimate of drug-likeness (QED) is 0.789. The van der Waals surface area contributed by atoms with Crippen molar-refractivity contribution in [3.8, 4) is 17.5 Å². The standard InChI is InChI=1S/C19H20N6/c20-8-15-6-7-19-23-11-17(25(19)13-15)16-10-21-12-18(24-16)22-9-14-4-2-1-3-5-14/h6-7,10-14H,1-5,9H2,(H,22,24). The van der Waals surface area contributed by atoms with E-state index in [1.165, 1.54) is 32.1 Å². The Kier molecular flexibility index (Phi) is 4.30. The average Bonchev–Trinajstić information content (AvgIpc) is 3.10. The fraction of sp³-hybridized carbons (Fsp3) is 0.368. The summed E-state index contributed by atoms with van der Waals surface area (Å²) in [6.45, 7) is 0.948. The molecule has 6 nitrogen and oxygen atoms in total. The van der Waals surface area contributed by atoms with E-state index >= 15 is 0 Å². The van der Waals surface area contributed by atoms with Crippen LogP contribution in [0.4, 0.5) is 5.82 Å². The summed E-state index contributed by atoms with van der Waals surface area (Å²) in [4.78, 5) is 13.4. The maximum atomic E-state index is 9.11. The molecule has 1 fully saturated rings. The fourth-order valence-corrected chi connectivity index (χ4v) is 3.45. The number of fused-ring (bicyclic) bond motifs is 1. The second kappa shape index (κ2) is 6.89. The lowest BCUT2D eigenvalue weighted by molar-refractivity contribution is 0.373. The van der Waals surface area contributed by atoms with Crippen molar-refractivity contribution in [3.05, 3.63) is 42.5 Å². The third-order valence-corrected chi connectivity index (χ3v) is 4.83. The van der Waals surface area contributed by atoms with E-state index in [-0.39, 0.29) is 0 Å². The first-order chi connectivity index (χ1) is 12.3. The monoisotopic (exact) mass is 332 g/mol. The number of hydrogen-bond acceptors (Lipinski definition) is 5. The zero-order chi connectivity index (χ0) is 17.1. The van der Waals surface area contributed by atoms with Gasteiger partial charge in [-0.15, -0.1) is 0 Å². The molecule has 3 aromatic heterocycles. The van der Waals surface area contributed by atoms with Crippen LogP contribution in [0.1, 0.15) is 37.7 Å². The van der Waals surface area contributed by atoms with E-state index in [4.69, 9.17) is 5.26 Å². The number of aromatic nitrogens is 4. The van der Waals surface area contributed by atoms with E-state index in [1.807, 2.05) is 10.5 Å². The molecule has 1 saturated carbocycles. The van der Waals surface area contributed by atoms with Crippen LogP contribution in [-0.2, 0) is 0 Å². The topological polar surface area (TPSA) is 78.9 Å². The zero-order valence-electron chi connectivity index (χ0n) is 14.0. The number of nitriles is 1. The van der Waals surface area contributed by atoms with Crippen LogP contribution in [0.3, 0.4) is 0 Å². The average molecular weight is 332 g/mol. The summed E-state index contributed by atoms with van der Waals surface area (Å²) in [5.41, 5.74) is 2.96. The van der Waals surface area contributed by atoms with Crippen molar-refractivity contribution in [2.75, 3.05) is 11.9 Å². The molecule has 25 heavy (non-hydrogen) atoms. The van der Waals surface area contributed by atoms with Crippen LogP contribution in [0.25, 0.3) is 17.0 Å². The Bertz CT molecular complexity index is 917. The first-order valence-electron chi connectivity index (χ1n) is 8.77. The molecule has 0 atom stereocenters. The molecule has 0 unspecified atom stereocenters. The molecule has 1 N–H and O–H groups in total. The van der Waals surface area contributed by atoms with Gasteiger partial charge in [0, 0.05) is 12.7 Å². The van der Waals surface area contributed by atoms with Crippen LogP contribution in [0.15, 0.2) is 36.9 Å². The Hall–Kier alpha value is -2.94. The second-order valence-electron chi connectivity index (χ2n) is 6.58. The van der Waals surface area contributed by atoms with E-state index < -0.39 is 0 Å². The molecule has 0 saturated heterocycles. The van der Waals surface area contributed by atoms with E-state index in [0.29, 0.717) is 5.56 Å². The number of nitrogens with zero attached hydrogens (tertiary/aromatic N) is 5. The van der Waals surface area contributed by atoms with Gasteiger partial charge in [0.2, 0.25) is 0 Å². The molecule has 0 radical (unpaired) electrons. The minimum atomic E-state index is 0.589. The van der Waals surface area contributed by atoms with Crippen molar-refractivity contribution < 1.29 is 0 Å². The molecule has 3 aromatic rings. The zero-order valence-corrected chi connectivity index (χ0v) is 14.0. The molecule has 1 aliphatic rings. The molecule has 0 aliphatic heterocycles. The SMILES string of the molecule is N#Cc1ccc2ncc(-c3cncc(NCC4CCCCC4)n3)n2c1. The van der Waals surface area contributed by atoms with E-state index in [9.17, 15) is 0 Å². The van der Waals surface area contributed by atoms with Crippen LogP contribution in [0.2, 0.25) is 0 Å². The lowest BCUT2D eigenvalue weighted by atomic mass is 9.89. The van der Waals surface area contributed by atoms with Crippen molar-refractivity contribution in [1.29, 1.82) is 5.26 Å². The van der Waals surface area contributed by atoms with Crippen molar-refractivity contribution in [3.63, 3.8) is 0 Å². The number of anilines is 1. The number of hydrogen-bond donors (Lipinski definition) is 1. The van der Waals surface area contributed by atoms with Crippen LogP contribution < -0.4 is 5.32 Å². The van der Waals surface area contributed by atoms with Gasteiger partial charge in [0.15, 0.2) is 0 Å². The molecule has 0 spiro atoms. The lowest BCUT2D eigenvalue weighted by Gasteiger charge is -2.21. The number of pyridine rings is 1. The predicted octanol–water partition coefficient (Wildman–Crippen LogP) is 3.66. The van der Waals surface area contributed by atoms with Crippen molar-refractivity contribution in [1.82, 2.24) is 19.4 Å². The number of imidazole rings is 1. The van der Waals surface area contributed by atoms with Gasteiger partial charge in [-0.3, -0.25) is 9.38 Å². The molecule has 0 aromatic carbocycles. The highest BCUT2D eigenvalue weighted by molar-refractivity contribution is 5.61. The lowest BCUT2D eigenvalue weighted by Crippen LogP contribution is -2.17. The Morgan fingerprint density at radius 3 is 2.88 bits per heavy atom. The first-order valence-corrected chi connectivity index (χ1v) is 8.77. The molecule has 6 heteroatoms. The van der Waals surface area contributed by atoms with E-state index in [1.54, 1.807) is 30.9 Å². The van der Waals surface area contributed by atoms with Crippen LogP contribution in [-0.4, -0.2) is 25.9 Å². The highest BCUT2D eigenvalue weighted by Crippen LogP contribution is 2.24. The van der Waals surface area contributed by atoms with Crippen molar-refractivity contribution in [2.45, 2.75) is 32.1 Å². The summed E-state index contributed by atoms with van der Waals surface area (Å²) in [5, 5.41) is 12.5. The Morgan fingerprint density at radius 2 is 2.04 bits per heavy atom. The summed E-state index contributed by atoms with van der Waals surface area (Å²) < 4.78 is 1.88. The van der Waals surface area contributed by atoms with Gasteiger partial charge in [-0.25, -0.2) is 9.97 Å². The summed E-state index contributed by atoms with van der Waals surface area (Å²) in [7, 11) is 0. The predicted molar refractivity (Wildman–Crippen MR) is 96.0 cm³/mol. The Labute approximate surface area is 146 Å². The van der Waals surface area contributed by atoms with Gasteiger partial charge < -0.3 is 5.32 Å². The smallest absolute Gasteiger partial charge is 0.145 e. The normalized spacial score (nSPS) is 15.2. The molecular formula is C19H20N6. The molecular weight excluding hydrogens is 312 g/mol. The Morgan fingerprint density at radius 1 is 1.16 bits per heavy atom. The van der Waals surface area contributed by atoms with Crippen molar-refractivity contribution in [2.24, 2.45) is 5.92 Å². The maximum absolute atomic E-state index is 9.11. The highest BCUT2D eigenvalue weighted by Gasteiger charge is 2.14. The summed E-state index contributed by atoms with van der Waals surface area (Å²) >= 11 is 0. The van der Waals surface area contributed by atoms with E-state index in [0.717, 1.165) is 35.3 Å². The van der Waals surface area contributed by atoms with Crippen LogP contribution in [0, 0.1) is 17.2 Å². The molecule has 4 rings (SSSR count). The molecule has 0 amide bonds. The summed E-state index contributed by atoms with van der Waals surface area (Å²) in [6, 6.07) is 5.76. The molecule has 3 heterocycles. The van der Waals surface area contributed by atoms with Gasteiger partial charge >= 0.3 is 0 Å². The third kappa shape index (κ3) is 3.31. The fourth-order valence-electron chi connectivity index (χ4n) is 3.45. The first kappa shape index (κ1) is 15.6. The van der Waals surface area contributed by atoms with Crippen LogP contribution >= 0.6 is 0 Å². The number of nitrogens with one attached hydrogen (secondary N) is 1. The number of rotatable bonds is 4. The Balaban J connectivity index is 1.58. The summed E-state index contributed by atoms with van der Waals surface area (Å²) in [6.07, 6.45) is 13.7. The van der Waals surface area contributed by atoms with Gasteiger partial charge in [0.05, 0.1) is 29.8 Å². The molecule has 0 bridgehead atoms. The van der Waals surface area contributed by atoms with Gasteiger partial charge in [0.25, 0.3) is 0 Å². The minimum absolute atomic E-state index is 0.589. The minimum Gasteiger partial charge on any atom is -0.368 e. The highest BCUT2D eigenvalue weighted by atomic mass is 15.1. The molecule has 1 aliphatic carbocycles. The van der Waals surface area contributed by atoms with Crippen LogP contribution in [0.5, 0.6) is 0 Å². The van der Waals surface area contributed by atoms with Crippen molar-refractivity contribution >= 4 is 11.5 Å². The van der Waals surface area contributed by atoms with E-state index in [2.05, 4.69) is 26.3 Å². The maximum Gasteiger partial charge on any atom is 0.145 e. The second-order valence-corrected chi connectivity index (χ2v) is 6.58. The summed E-state index contributed by atoms with van der Waals surface area (Å²) in [5.74, 6) is 1.52. The van der Waals surface area contributed by atoms with Gasteiger partial charge in [-0.05, 0) is 30.9 Å². The van der Waals surface area contributed by atoms with Gasteiger partial charge in [-0.1, -0.05) is 19.3 Å².